The van der Waals surface area contributed by atoms with Crippen molar-refractivity contribution in [3.05, 3.63) is 46.7 Å². The molecular formula is C16H22ClN3O. The molecule has 0 unspecified atom stereocenters. The number of aryl methyl sites for hydroxylation is 1. The lowest BCUT2D eigenvalue weighted by molar-refractivity contribution is 0.306. The maximum absolute atomic E-state index is 6.27. The van der Waals surface area contributed by atoms with Crippen LogP contribution in [-0.4, -0.2) is 16.3 Å². The summed E-state index contributed by atoms with van der Waals surface area (Å²) in [6, 6.07) is 5.92. The highest BCUT2D eigenvalue weighted by Crippen LogP contribution is 2.26. The van der Waals surface area contributed by atoms with Crippen molar-refractivity contribution in [3.63, 3.8) is 0 Å². The van der Waals surface area contributed by atoms with Gasteiger partial charge in [-0.05, 0) is 37.6 Å². The van der Waals surface area contributed by atoms with E-state index < -0.39 is 0 Å². The summed E-state index contributed by atoms with van der Waals surface area (Å²) in [5.41, 5.74) is 2.21. The Hall–Kier alpha value is -1.52. The van der Waals surface area contributed by atoms with Crippen LogP contribution in [0.25, 0.3) is 0 Å². The second-order valence-electron chi connectivity index (χ2n) is 4.93. The van der Waals surface area contributed by atoms with E-state index in [1.165, 1.54) is 5.56 Å². The minimum atomic E-state index is 0.479. The molecule has 5 heteroatoms. The second kappa shape index (κ2) is 8.05. The third-order valence-electron chi connectivity index (χ3n) is 3.16. The van der Waals surface area contributed by atoms with Gasteiger partial charge in [0.1, 0.15) is 12.4 Å². The van der Waals surface area contributed by atoms with Crippen molar-refractivity contribution < 1.29 is 4.74 Å². The lowest BCUT2D eigenvalue weighted by Gasteiger charge is -2.09. The van der Waals surface area contributed by atoms with Crippen LogP contribution in [0.2, 0.25) is 5.02 Å². The van der Waals surface area contributed by atoms with Crippen LogP contribution >= 0.6 is 11.6 Å². The van der Waals surface area contributed by atoms with Gasteiger partial charge in [-0.3, -0.25) is 4.68 Å². The topological polar surface area (TPSA) is 39.1 Å². The first-order chi connectivity index (χ1) is 10.2. The summed E-state index contributed by atoms with van der Waals surface area (Å²) in [6.45, 7) is 7.39. The zero-order valence-corrected chi connectivity index (χ0v) is 13.4. The molecule has 0 aliphatic rings. The van der Waals surface area contributed by atoms with Crippen LogP contribution in [-0.2, 0) is 19.7 Å². The molecular weight excluding hydrogens is 286 g/mol. The van der Waals surface area contributed by atoms with Crippen LogP contribution < -0.4 is 10.1 Å². The van der Waals surface area contributed by atoms with Crippen LogP contribution in [0.4, 0.5) is 0 Å². The van der Waals surface area contributed by atoms with Crippen LogP contribution in [0.3, 0.4) is 0 Å². The monoisotopic (exact) mass is 307 g/mol. The molecule has 2 rings (SSSR count). The third-order valence-corrected chi connectivity index (χ3v) is 3.45. The molecule has 1 heterocycles. The number of ether oxygens (including phenoxy) is 1. The molecule has 0 atom stereocenters. The van der Waals surface area contributed by atoms with Crippen LogP contribution in [0.1, 0.15) is 31.4 Å². The minimum absolute atomic E-state index is 0.479. The van der Waals surface area contributed by atoms with Crippen molar-refractivity contribution in [1.29, 1.82) is 0 Å². The van der Waals surface area contributed by atoms with E-state index in [1.807, 2.05) is 35.3 Å². The maximum Gasteiger partial charge on any atom is 0.138 e. The molecule has 0 aliphatic carbocycles. The highest BCUT2D eigenvalue weighted by Gasteiger charge is 2.05. The quantitative estimate of drug-likeness (QED) is 0.757. The van der Waals surface area contributed by atoms with Gasteiger partial charge in [0, 0.05) is 24.8 Å². The Balaban J connectivity index is 1.91. The van der Waals surface area contributed by atoms with Crippen LogP contribution in [0.15, 0.2) is 30.6 Å². The van der Waals surface area contributed by atoms with Crippen LogP contribution in [0.5, 0.6) is 5.75 Å². The van der Waals surface area contributed by atoms with Gasteiger partial charge >= 0.3 is 0 Å². The average molecular weight is 308 g/mol. The van der Waals surface area contributed by atoms with Crippen molar-refractivity contribution in [1.82, 2.24) is 15.1 Å². The fourth-order valence-electron chi connectivity index (χ4n) is 2.00. The van der Waals surface area contributed by atoms with E-state index in [-0.39, 0.29) is 0 Å². The van der Waals surface area contributed by atoms with Gasteiger partial charge in [0.2, 0.25) is 0 Å². The molecule has 114 valence electrons. The first-order valence-corrected chi connectivity index (χ1v) is 7.74. The zero-order chi connectivity index (χ0) is 15.1. The fourth-order valence-corrected chi connectivity index (χ4v) is 2.25. The summed E-state index contributed by atoms with van der Waals surface area (Å²) in [7, 11) is 0. The molecule has 0 amide bonds. The molecule has 0 radical (unpaired) electrons. The van der Waals surface area contributed by atoms with Gasteiger partial charge in [-0.2, -0.15) is 5.10 Å². The van der Waals surface area contributed by atoms with Crippen molar-refractivity contribution in [2.24, 2.45) is 0 Å². The SMILES string of the molecule is CCCNCc1ccc(OCc2cnn(CC)c2)c(Cl)c1. The van der Waals surface area contributed by atoms with Gasteiger partial charge in [0.15, 0.2) is 0 Å². The number of benzene rings is 1. The Kier molecular flexibility index (Phi) is 6.08. The second-order valence-corrected chi connectivity index (χ2v) is 5.34. The smallest absolute Gasteiger partial charge is 0.138 e. The normalized spacial score (nSPS) is 10.8. The van der Waals surface area contributed by atoms with Crippen molar-refractivity contribution in [3.8, 4) is 5.75 Å². The largest absolute Gasteiger partial charge is 0.487 e. The number of halogens is 1. The molecule has 1 N–H and O–H groups in total. The zero-order valence-electron chi connectivity index (χ0n) is 12.6. The lowest BCUT2D eigenvalue weighted by atomic mass is 10.2. The van der Waals surface area contributed by atoms with Gasteiger partial charge in [-0.1, -0.05) is 24.6 Å². The maximum atomic E-state index is 6.27. The molecule has 0 bridgehead atoms. The molecule has 0 spiro atoms. The summed E-state index contributed by atoms with van der Waals surface area (Å²) in [5, 5.41) is 8.22. The Morgan fingerprint density at radius 3 is 2.81 bits per heavy atom. The Labute approximate surface area is 131 Å². The summed E-state index contributed by atoms with van der Waals surface area (Å²) in [4.78, 5) is 0. The molecule has 2 aromatic rings. The molecule has 0 aliphatic heterocycles. The van der Waals surface area contributed by atoms with Gasteiger partial charge < -0.3 is 10.1 Å². The first-order valence-electron chi connectivity index (χ1n) is 7.36. The van der Waals surface area contributed by atoms with E-state index in [2.05, 4.69) is 24.3 Å². The molecule has 1 aromatic heterocycles. The number of nitrogens with zero attached hydrogens (tertiary/aromatic N) is 2. The van der Waals surface area contributed by atoms with E-state index in [9.17, 15) is 0 Å². The number of nitrogens with one attached hydrogen (secondary N) is 1. The van der Waals surface area contributed by atoms with E-state index in [1.54, 1.807) is 0 Å². The van der Waals surface area contributed by atoms with Gasteiger partial charge in [-0.15, -0.1) is 0 Å². The van der Waals surface area contributed by atoms with Gasteiger partial charge in [0.05, 0.1) is 11.2 Å². The van der Waals surface area contributed by atoms with Crippen LogP contribution in [0, 0.1) is 0 Å². The molecule has 4 nitrogen and oxygen atoms in total. The van der Waals surface area contributed by atoms with Crippen molar-refractivity contribution in [2.45, 2.75) is 40.0 Å². The minimum Gasteiger partial charge on any atom is -0.487 e. The summed E-state index contributed by atoms with van der Waals surface area (Å²) >= 11 is 6.27. The number of aromatic nitrogens is 2. The predicted molar refractivity (Wildman–Crippen MR) is 85.7 cm³/mol. The standard InChI is InChI=1S/C16H22ClN3O/c1-3-7-18-9-13-5-6-16(15(17)8-13)21-12-14-10-19-20(4-2)11-14/h5-6,8,10-11,18H,3-4,7,9,12H2,1-2H3. The Bertz CT molecular complexity index is 568. The van der Waals surface area contributed by atoms with E-state index in [0.29, 0.717) is 17.4 Å². The van der Waals surface area contributed by atoms with Crippen molar-refractivity contribution in [2.75, 3.05) is 6.54 Å². The number of rotatable bonds is 8. The molecule has 1 aromatic carbocycles. The first kappa shape index (κ1) is 15.9. The van der Waals surface area contributed by atoms with E-state index >= 15 is 0 Å². The highest BCUT2D eigenvalue weighted by atomic mass is 35.5. The summed E-state index contributed by atoms with van der Waals surface area (Å²) < 4.78 is 7.63. The van der Waals surface area contributed by atoms with Crippen molar-refractivity contribution >= 4 is 11.6 Å². The molecule has 0 saturated heterocycles. The highest BCUT2D eigenvalue weighted by molar-refractivity contribution is 6.32. The Morgan fingerprint density at radius 1 is 1.29 bits per heavy atom. The predicted octanol–water partition coefficient (Wildman–Crippen LogP) is 3.64. The van der Waals surface area contributed by atoms with Gasteiger partial charge in [0.25, 0.3) is 0 Å². The third kappa shape index (κ3) is 4.76. The summed E-state index contributed by atoms with van der Waals surface area (Å²) in [5.74, 6) is 0.708. The summed E-state index contributed by atoms with van der Waals surface area (Å²) in [6.07, 6.45) is 4.93. The Morgan fingerprint density at radius 2 is 2.14 bits per heavy atom. The molecule has 21 heavy (non-hydrogen) atoms. The van der Waals surface area contributed by atoms with E-state index in [0.717, 1.165) is 31.6 Å². The number of hydrogen-bond acceptors (Lipinski definition) is 3. The molecule has 0 fully saturated rings. The lowest BCUT2D eigenvalue weighted by Crippen LogP contribution is -2.13. The van der Waals surface area contributed by atoms with E-state index in [4.69, 9.17) is 16.3 Å². The number of hydrogen-bond donors (Lipinski definition) is 1. The average Bonchev–Trinajstić information content (AvgIpc) is 2.95. The van der Waals surface area contributed by atoms with Gasteiger partial charge in [-0.25, -0.2) is 0 Å². The molecule has 0 saturated carbocycles. The fraction of sp³-hybridized carbons (Fsp3) is 0.438.